The first kappa shape index (κ1) is 15.2. The predicted octanol–water partition coefficient (Wildman–Crippen LogP) is 0.651. The van der Waals surface area contributed by atoms with Crippen LogP contribution in [0.3, 0.4) is 0 Å². The predicted molar refractivity (Wildman–Crippen MR) is 66.9 cm³/mol. The van der Waals surface area contributed by atoms with E-state index >= 15 is 0 Å². The molecule has 7 heteroatoms. The Labute approximate surface area is 116 Å². The van der Waals surface area contributed by atoms with Gasteiger partial charge in [0.05, 0.1) is 6.54 Å². The molecule has 5 nitrogen and oxygen atoms in total. The summed E-state index contributed by atoms with van der Waals surface area (Å²) in [5.74, 6) is -4.21. The molecule has 0 bridgehead atoms. The zero-order valence-electron chi connectivity index (χ0n) is 11.3. The maximum Gasteiger partial charge on any atom is 0.251 e. The van der Waals surface area contributed by atoms with Crippen molar-refractivity contribution in [2.24, 2.45) is 11.7 Å². The lowest BCUT2D eigenvalue weighted by Gasteiger charge is -2.39. The first-order valence-electron chi connectivity index (χ1n) is 6.92. The van der Waals surface area contributed by atoms with Gasteiger partial charge in [-0.15, -0.1) is 0 Å². The largest absolute Gasteiger partial charge is 0.378 e. The summed E-state index contributed by atoms with van der Waals surface area (Å²) in [5.41, 5.74) is 3.46. The molecule has 0 aromatic carbocycles. The Hall–Kier alpha value is -1.24. The number of halogens is 2. The Morgan fingerprint density at radius 1 is 1.20 bits per heavy atom. The zero-order chi connectivity index (χ0) is 15.0. The van der Waals surface area contributed by atoms with E-state index in [1.54, 1.807) is 0 Å². The van der Waals surface area contributed by atoms with Gasteiger partial charge < -0.3 is 15.7 Å². The zero-order valence-corrected chi connectivity index (χ0v) is 11.3. The van der Waals surface area contributed by atoms with E-state index in [1.165, 1.54) is 4.90 Å². The fraction of sp³-hybridized carbons (Fsp3) is 0.846. The Kier molecular flexibility index (Phi) is 4.00. The minimum Gasteiger partial charge on any atom is -0.378 e. The third kappa shape index (κ3) is 3.08. The molecule has 3 N–H and O–H groups in total. The average molecular weight is 290 g/mol. The summed E-state index contributed by atoms with van der Waals surface area (Å²) in [6.45, 7) is 0.301. The molecule has 2 fully saturated rings. The van der Waals surface area contributed by atoms with Gasteiger partial charge in [-0.2, -0.15) is 0 Å². The van der Waals surface area contributed by atoms with Gasteiger partial charge in [-0.1, -0.05) is 0 Å². The molecular weight excluding hydrogens is 270 g/mol. The van der Waals surface area contributed by atoms with E-state index in [9.17, 15) is 23.5 Å². The number of nitrogens with two attached hydrogens (primary N) is 1. The molecule has 1 saturated carbocycles. The third-order valence-electron chi connectivity index (χ3n) is 4.31. The molecule has 0 unspecified atom stereocenters. The Morgan fingerprint density at radius 3 is 2.35 bits per heavy atom. The van der Waals surface area contributed by atoms with Crippen molar-refractivity contribution in [3.8, 4) is 0 Å². The lowest BCUT2D eigenvalue weighted by Crippen LogP contribution is -2.58. The molecule has 20 heavy (non-hydrogen) atoms. The van der Waals surface area contributed by atoms with Crippen molar-refractivity contribution in [2.75, 3.05) is 13.1 Å². The lowest BCUT2D eigenvalue weighted by atomic mass is 9.84. The number of hydrogen-bond acceptors (Lipinski definition) is 3. The minimum atomic E-state index is -2.67. The average Bonchev–Trinajstić information content (AvgIpc) is 2.38. The fourth-order valence-electron chi connectivity index (χ4n) is 2.97. The number of carbonyl (C=O) groups excluding carboxylic acids is 2. The van der Waals surface area contributed by atoms with Crippen molar-refractivity contribution in [1.82, 2.24) is 4.90 Å². The molecule has 2 rings (SSSR count). The topological polar surface area (TPSA) is 83.6 Å². The summed E-state index contributed by atoms with van der Waals surface area (Å²) < 4.78 is 26.2. The van der Waals surface area contributed by atoms with Gasteiger partial charge in [0.1, 0.15) is 0 Å². The maximum atomic E-state index is 13.1. The van der Waals surface area contributed by atoms with E-state index in [0.29, 0.717) is 13.0 Å². The van der Waals surface area contributed by atoms with Gasteiger partial charge in [-0.25, -0.2) is 8.78 Å². The van der Waals surface area contributed by atoms with Crippen LogP contribution in [0.4, 0.5) is 8.78 Å². The number of β-amino-alcohol motifs (C(OH)–C–C–N with tert-alkyl or cyclic N) is 1. The van der Waals surface area contributed by atoms with E-state index in [2.05, 4.69) is 0 Å². The fourth-order valence-corrected chi connectivity index (χ4v) is 2.97. The smallest absolute Gasteiger partial charge is 0.251 e. The number of carbonyl (C=O) groups is 2. The second-order valence-corrected chi connectivity index (χ2v) is 5.89. The van der Waals surface area contributed by atoms with E-state index < -0.39 is 23.3 Å². The van der Waals surface area contributed by atoms with Crippen LogP contribution in [0, 0.1) is 5.92 Å². The molecule has 1 aliphatic heterocycles. The van der Waals surface area contributed by atoms with Gasteiger partial charge in [0.15, 0.2) is 5.60 Å². The Bertz CT molecular complexity index is 406. The van der Waals surface area contributed by atoms with Crippen molar-refractivity contribution < 1.29 is 23.5 Å². The van der Waals surface area contributed by atoms with Crippen molar-refractivity contribution >= 4 is 11.8 Å². The molecule has 0 radical (unpaired) electrons. The molecular formula is C13H20F2N2O3. The number of nitrogens with zero attached hydrogens (tertiary/aromatic N) is 1. The Morgan fingerprint density at radius 2 is 1.80 bits per heavy atom. The van der Waals surface area contributed by atoms with Crippen LogP contribution in [0.2, 0.25) is 0 Å². The maximum absolute atomic E-state index is 13.1. The quantitative estimate of drug-likeness (QED) is 0.783. The number of alkyl halides is 2. The van der Waals surface area contributed by atoms with Crippen LogP contribution in [0.25, 0.3) is 0 Å². The van der Waals surface area contributed by atoms with Crippen LogP contribution in [0.1, 0.15) is 38.5 Å². The molecule has 2 aliphatic rings. The highest BCUT2D eigenvalue weighted by molar-refractivity contribution is 5.85. The summed E-state index contributed by atoms with van der Waals surface area (Å²) in [6, 6.07) is 0. The Balaban J connectivity index is 1.98. The van der Waals surface area contributed by atoms with Gasteiger partial charge >= 0.3 is 0 Å². The summed E-state index contributed by atoms with van der Waals surface area (Å²) in [4.78, 5) is 24.9. The summed E-state index contributed by atoms with van der Waals surface area (Å²) in [7, 11) is 0. The third-order valence-corrected chi connectivity index (χ3v) is 4.31. The van der Waals surface area contributed by atoms with E-state index in [0.717, 1.165) is 0 Å². The van der Waals surface area contributed by atoms with Crippen LogP contribution in [-0.4, -0.2) is 46.4 Å². The van der Waals surface area contributed by atoms with Crippen molar-refractivity contribution in [3.63, 3.8) is 0 Å². The van der Waals surface area contributed by atoms with Crippen LogP contribution in [-0.2, 0) is 9.59 Å². The van der Waals surface area contributed by atoms with Crippen LogP contribution >= 0.6 is 0 Å². The highest BCUT2D eigenvalue weighted by atomic mass is 19.3. The lowest BCUT2D eigenvalue weighted by molar-refractivity contribution is -0.153. The normalized spacial score (nSPS) is 31.1. The minimum absolute atomic E-state index is 0.131. The molecule has 2 amide bonds. The summed E-state index contributed by atoms with van der Waals surface area (Å²) in [5, 5.41) is 10.1. The number of amides is 2. The number of aliphatic hydroxyl groups is 1. The molecule has 114 valence electrons. The van der Waals surface area contributed by atoms with Crippen molar-refractivity contribution in [1.29, 1.82) is 0 Å². The highest BCUT2D eigenvalue weighted by Gasteiger charge is 2.43. The van der Waals surface area contributed by atoms with Crippen LogP contribution < -0.4 is 5.73 Å². The first-order chi connectivity index (χ1) is 9.23. The summed E-state index contributed by atoms with van der Waals surface area (Å²) in [6.07, 6.45) is 0.451. The van der Waals surface area contributed by atoms with Gasteiger partial charge in [-0.05, 0) is 25.7 Å². The van der Waals surface area contributed by atoms with Gasteiger partial charge in [0, 0.05) is 25.3 Å². The van der Waals surface area contributed by atoms with Crippen molar-refractivity contribution in [3.05, 3.63) is 0 Å². The molecule has 1 atom stereocenters. The number of hydrogen-bond donors (Lipinski definition) is 2. The molecule has 1 saturated heterocycles. The first-order valence-corrected chi connectivity index (χ1v) is 6.92. The molecule has 0 aromatic heterocycles. The SMILES string of the molecule is NC(=O)[C@]1(O)CCCN(C(=O)C2CCC(F)(F)CC2)C1. The molecule has 0 aromatic rings. The molecule has 0 spiro atoms. The number of primary amides is 1. The number of rotatable bonds is 2. The highest BCUT2D eigenvalue weighted by Crippen LogP contribution is 2.37. The second kappa shape index (κ2) is 5.27. The van der Waals surface area contributed by atoms with Crippen LogP contribution in [0.5, 0.6) is 0 Å². The number of piperidine rings is 1. The van der Waals surface area contributed by atoms with E-state index in [4.69, 9.17) is 5.73 Å². The van der Waals surface area contributed by atoms with Crippen molar-refractivity contribution in [2.45, 2.75) is 50.0 Å². The van der Waals surface area contributed by atoms with E-state index in [1.807, 2.05) is 0 Å². The monoisotopic (exact) mass is 290 g/mol. The van der Waals surface area contributed by atoms with E-state index in [-0.39, 0.29) is 44.6 Å². The van der Waals surface area contributed by atoms with Gasteiger partial charge in [0.25, 0.3) is 5.91 Å². The van der Waals surface area contributed by atoms with Gasteiger partial charge in [0.2, 0.25) is 11.8 Å². The van der Waals surface area contributed by atoms with Gasteiger partial charge in [-0.3, -0.25) is 9.59 Å². The van der Waals surface area contributed by atoms with Crippen LogP contribution in [0.15, 0.2) is 0 Å². The standard InChI is InChI=1S/C13H20F2N2O3/c14-13(15)5-2-9(3-6-13)10(18)17-7-1-4-12(20,8-17)11(16)19/h9,20H,1-8H2,(H2,16,19)/t12-/m0/s1. The second-order valence-electron chi connectivity index (χ2n) is 5.89. The molecule has 1 aliphatic carbocycles. The summed E-state index contributed by atoms with van der Waals surface area (Å²) >= 11 is 0. The molecule has 1 heterocycles. The number of likely N-dealkylation sites (tertiary alicyclic amines) is 1.